The van der Waals surface area contributed by atoms with Crippen LogP contribution in [0.4, 0.5) is 5.82 Å². The van der Waals surface area contributed by atoms with E-state index in [2.05, 4.69) is 9.97 Å². The number of ether oxygens (including phenoxy) is 1. The van der Waals surface area contributed by atoms with Crippen LogP contribution in [0, 0.1) is 0 Å². The predicted molar refractivity (Wildman–Crippen MR) is 77.8 cm³/mol. The third-order valence-corrected chi connectivity index (χ3v) is 3.66. The van der Waals surface area contributed by atoms with Crippen LogP contribution < -0.4 is 4.90 Å². The smallest absolute Gasteiger partial charge is 0.325 e. The predicted octanol–water partition coefficient (Wildman–Crippen LogP) is 2.13. The number of rotatable bonds is 5. The molecule has 2 rings (SSSR count). The molecule has 0 unspecified atom stereocenters. The Hall–Kier alpha value is -1.65. The number of carbonyl (C=O) groups excluding carboxylic acids is 1. The summed E-state index contributed by atoms with van der Waals surface area (Å²) in [6.07, 6.45) is 7.23. The number of fused-ring (bicyclic) bond motifs is 1. The van der Waals surface area contributed by atoms with Gasteiger partial charge < -0.3 is 9.64 Å². The van der Waals surface area contributed by atoms with Crippen molar-refractivity contribution in [3.05, 3.63) is 17.6 Å². The van der Waals surface area contributed by atoms with Crippen LogP contribution in [0.5, 0.6) is 0 Å². The van der Waals surface area contributed by atoms with Crippen molar-refractivity contribution in [2.75, 3.05) is 24.6 Å². The van der Waals surface area contributed by atoms with E-state index in [1.54, 1.807) is 6.33 Å². The molecule has 0 bridgehead atoms. The largest absolute Gasteiger partial charge is 0.465 e. The monoisotopic (exact) mass is 277 g/mol. The Morgan fingerprint density at radius 3 is 2.80 bits per heavy atom. The Morgan fingerprint density at radius 2 is 2.05 bits per heavy atom. The van der Waals surface area contributed by atoms with Gasteiger partial charge in [0.15, 0.2) is 0 Å². The average molecular weight is 277 g/mol. The first-order chi connectivity index (χ1) is 9.76. The maximum Gasteiger partial charge on any atom is 0.325 e. The van der Waals surface area contributed by atoms with Crippen LogP contribution >= 0.6 is 0 Å². The number of hydrogen-bond donors (Lipinski definition) is 0. The number of nitrogens with zero attached hydrogens (tertiary/aromatic N) is 3. The standard InChI is InChI=1S/C15H23N3O2/c1-3-18(10-14(19)20-4-2)15-12-8-6-5-7-9-13(12)16-11-17-15/h11H,3-10H2,1-2H3. The van der Waals surface area contributed by atoms with Gasteiger partial charge in [-0.05, 0) is 39.5 Å². The Kier molecular flexibility index (Phi) is 5.32. The summed E-state index contributed by atoms with van der Waals surface area (Å²) < 4.78 is 5.04. The highest BCUT2D eigenvalue weighted by molar-refractivity contribution is 5.75. The molecule has 0 atom stereocenters. The van der Waals surface area contributed by atoms with Gasteiger partial charge in [-0.3, -0.25) is 4.79 Å². The maximum atomic E-state index is 11.7. The summed E-state index contributed by atoms with van der Waals surface area (Å²) in [5, 5.41) is 0. The number of likely N-dealkylation sites (N-methyl/N-ethyl adjacent to an activating group) is 1. The summed E-state index contributed by atoms with van der Waals surface area (Å²) in [7, 11) is 0. The van der Waals surface area contributed by atoms with E-state index in [0.29, 0.717) is 6.61 Å². The molecule has 1 aromatic heterocycles. The molecular weight excluding hydrogens is 254 g/mol. The van der Waals surface area contributed by atoms with Crippen molar-refractivity contribution in [1.29, 1.82) is 0 Å². The number of hydrogen-bond acceptors (Lipinski definition) is 5. The molecule has 1 heterocycles. The molecule has 0 amide bonds. The van der Waals surface area contributed by atoms with E-state index < -0.39 is 0 Å². The number of carbonyl (C=O) groups is 1. The van der Waals surface area contributed by atoms with Crippen LogP contribution in [-0.4, -0.2) is 35.6 Å². The SMILES string of the molecule is CCOC(=O)CN(CC)c1ncnc2c1CCCCC2. The third-order valence-electron chi connectivity index (χ3n) is 3.66. The first kappa shape index (κ1) is 14.8. The molecule has 0 N–H and O–H groups in total. The molecule has 0 aliphatic heterocycles. The number of aromatic nitrogens is 2. The van der Waals surface area contributed by atoms with Gasteiger partial charge in [-0.15, -0.1) is 0 Å². The van der Waals surface area contributed by atoms with Crippen molar-refractivity contribution in [3.63, 3.8) is 0 Å². The van der Waals surface area contributed by atoms with Gasteiger partial charge in [0.1, 0.15) is 18.7 Å². The van der Waals surface area contributed by atoms with Gasteiger partial charge in [-0.25, -0.2) is 9.97 Å². The number of aryl methyl sites for hydroxylation is 1. The Balaban J connectivity index is 2.23. The Morgan fingerprint density at radius 1 is 1.25 bits per heavy atom. The lowest BCUT2D eigenvalue weighted by Crippen LogP contribution is -2.32. The minimum atomic E-state index is -0.199. The fourth-order valence-corrected chi connectivity index (χ4v) is 2.65. The Labute approximate surface area is 120 Å². The van der Waals surface area contributed by atoms with Gasteiger partial charge in [-0.2, -0.15) is 0 Å². The summed E-state index contributed by atoms with van der Waals surface area (Å²) in [5.41, 5.74) is 2.37. The first-order valence-corrected chi connectivity index (χ1v) is 7.49. The van der Waals surface area contributed by atoms with Gasteiger partial charge in [-0.1, -0.05) is 6.42 Å². The van der Waals surface area contributed by atoms with Crippen molar-refractivity contribution < 1.29 is 9.53 Å². The lowest BCUT2D eigenvalue weighted by Gasteiger charge is -2.24. The van der Waals surface area contributed by atoms with Gasteiger partial charge in [0.05, 0.1) is 6.61 Å². The van der Waals surface area contributed by atoms with E-state index >= 15 is 0 Å². The summed E-state index contributed by atoms with van der Waals surface area (Å²) in [5.74, 6) is 0.711. The van der Waals surface area contributed by atoms with Gasteiger partial charge in [0.2, 0.25) is 0 Å². The molecule has 0 spiro atoms. The zero-order valence-corrected chi connectivity index (χ0v) is 12.4. The minimum Gasteiger partial charge on any atom is -0.465 e. The van der Waals surface area contributed by atoms with E-state index in [1.807, 2.05) is 18.7 Å². The second kappa shape index (κ2) is 7.22. The van der Waals surface area contributed by atoms with Gasteiger partial charge in [0.25, 0.3) is 0 Å². The van der Waals surface area contributed by atoms with Gasteiger partial charge in [0, 0.05) is 17.8 Å². The molecule has 5 nitrogen and oxygen atoms in total. The van der Waals surface area contributed by atoms with Crippen molar-refractivity contribution in [3.8, 4) is 0 Å². The quantitative estimate of drug-likeness (QED) is 0.609. The van der Waals surface area contributed by atoms with Crippen molar-refractivity contribution >= 4 is 11.8 Å². The van der Waals surface area contributed by atoms with Crippen LogP contribution in [0.3, 0.4) is 0 Å². The summed E-state index contributed by atoms with van der Waals surface area (Å²) in [6, 6.07) is 0. The lowest BCUT2D eigenvalue weighted by atomic mass is 10.1. The van der Waals surface area contributed by atoms with Gasteiger partial charge >= 0.3 is 5.97 Å². The second-order valence-corrected chi connectivity index (χ2v) is 5.00. The van der Waals surface area contributed by atoms with Crippen molar-refractivity contribution in [2.45, 2.75) is 46.0 Å². The molecule has 110 valence electrons. The molecule has 0 saturated heterocycles. The third kappa shape index (κ3) is 3.46. The minimum absolute atomic E-state index is 0.199. The highest BCUT2D eigenvalue weighted by Gasteiger charge is 2.20. The van der Waals surface area contributed by atoms with E-state index in [4.69, 9.17) is 4.74 Å². The molecule has 1 aliphatic carbocycles. The fourth-order valence-electron chi connectivity index (χ4n) is 2.65. The summed E-state index contributed by atoms with van der Waals surface area (Å²) >= 11 is 0. The first-order valence-electron chi connectivity index (χ1n) is 7.49. The molecule has 5 heteroatoms. The Bertz CT molecular complexity index is 462. The summed E-state index contributed by atoms with van der Waals surface area (Å²) in [4.78, 5) is 22.5. The van der Waals surface area contributed by atoms with E-state index in [9.17, 15) is 4.79 Å². The van der Waals surface area contributed by atoms with Crippen LogP contribution in [0.2, 0.25) is 0 Å². The van der Waals surface area contributed by atoms with E-state index in [1.165, 1.54) is 24.8 Å². The molecule has 0 fully saturated rings. The molecule has 0 radical (unpaired) electrons. The molecular formula is C15H23N3O2. The molecule has 1 aromatic rings. The summed E-state index contributed by atoms with van der Waals surface area (Å²) in [6.45, 7) is 5.27. The maximum absolute atomic E-state index is 11.7. The highest BCUT2D eigenvalue weighted by Crippen LogP contribution is 2.26. The molecule has 20 heavy (non-hydrogen) atoms. The van der Waals surface area contributed by atoms with Crippen LogP contribution in [0.25, 0.3) is 0 Å². The fraction of sp³-hybridized carbons (Fsp3) is 0.667. The van der Waals surface area contributed by atoms with E-state index in [0.717, 1.165) is 30.9 Å². The van der Waals surface area contributed by atoms with Crippen molar-refractivity contribution in [1.82, 2.24) is 9.97 Å². The molecule has 0 aromatic carbocycles. The lowest BCUT2D eigenvalue weighted by molar-refractivity contribution is -0.141. The van der Waals surface area contributed by atoms with Crippen LogP contribution in [0.1, 0.15) is 44.4 Å². The zero-order chi connectivity index (χ0) is 14.4. The average Bonchev–Trinajstić information content (AvgIpc) is 2.70. The topological polar surface area (TPSA) is 55.3 Å². The van der Waals surface area contributed by atoms with Crippen LogP contribution in [0.15, 0.2) is 6.33 Å². The van der Waals surface area contributed by atoms with E-state index in [-0.39, 0.29) is 12.5 Å². The normalized spacial score (nSPS) is 14.3. The zero-order valence-electron chi connectivity index (χ0n) is 12.4. The highest BCUT2D eigenvalue weighted by atomic mass is 16.5. The van der Waals surface area contributed by atoms with Crippen molar-refractivity contribution in [2.24, 2.45) is 0 Å². The second-order valence-electron chi connectivity index (χ2n) is 5.00. The molecule has 1 aliphatic rings. The number of esters is 1. The number of anilines is 1. The van der Waals surface area contributed by atoms with Crippen LogP contribution in [-0.2, 0) is 22.4 Å². The molecule has 0 saturated carbocycles.